The summed E-state index contributed by atoms with van der Waals surface area (Å²) >= 11 is 1.63. The van der Waals surface area contributed by atoms with Gasteiger partial charge < -0.3 is 15.6 Å². The summed E-state index contributed by atoms with van der Waals surface area (Å²) < 4.78 is 20.0. The monoisotopic (exact) mass is 502 g/mol. The minimum Gasteiger partial charge on any atom is -0.397 e. The van der Waals surface area contributed by atoms with Gasteiger partial charge >= 0.3 is 0 Å². The number of nitrogens with two attached hydrogens (primary N) is 1. The zero-order valence-electron chi connectivity index (χ0n) is 19.2. The zero-order chi connectivity index (χ0) is 24.3. The molecule has 1 aliphatic rings. The summed E-state index contributed by atoms with van der Waals surface area (Å²) in [5.74, 6) is -0.247. The fourth-order valence-electron chi connectivity index (χ4n) is 4.02. The maximum Gasteiger partial charge on any atom is 0.255 e. The van der Waals surface area contributed by atoms with Gasteiger partial charge in [0.15, 0.2) is 0 Å². The van der Waals surface area contributed by atoms with Gasteiger partial charge in [-0.3, -0.25) is 9.36 Å². The SMILES string of the molecule is Nc1ccc(-c2cccs2)cc1NC(=O)c1ccc(CP(=O)(OC2CCC2)c2ccccc2)cc1. The minimum atomic E-state index is -3.06. The van der Waals surface area contributed by atoms with Crippen LogP contribution < -0.4 is 16.4 Å². The molecule has 1 aromatic heterocycles. The first-order chi connectivity index (χ1) is 17.0. The third kappa shape index (κ3) is 5.40. The number of thiophene rings is 1. The summed E-state index contributed by atoms with van der Waals surface area (Å²) in [4.78, 5) is 14.0. The third-order valence-electron chi connectivity index (χ3n) is 6.24. The van der Waals surface area contributed by atoms with E-state index in [2.05, 4.69) is 5.32 Å². The number of nitrogen functional groups attached to an aromatic ring is 1. The number of hydrogen-bond acceptors (Lipinski definition) is 5. The molecule has 0 bridgehead atoms. The second-order valence-electron chi connectivity index (χ2n) is 8.76. The van der Waals surface area contributed by atoms with E-state index in [1.54, 1.807) is 29.5 Å². The maximum atomic E-state index is 13.9. The first-order valence-corrected chi connectivity index (χ1v) is 14.4. The molecular weight excluding hydrogens is 475 g/mol. The second kappa shape index (κ2) is 10.2. The molecular formula is C28H27N2O3PS. The van der Waals surface area contributed by atoms with Crippen LogP contribution in [-0.2, 0) is 15.3 Å². The van der Waals surface area contributed by atoms with Crippen LogP contribution in [0.5, 0.6) is 0 Å². The molecule has 4 aromatic rings. The largest absolute Gasteiger partial charge is 0.397 e. The van der Waals surface area contributed by atoms with Crippen molar-refractivity contribution in [2.24, 2.45) is 0 Å². The summed E-state index contributed by atoms with van der Waals surface area (Å²) in [5.41, 5.74) is 9.58. The van der Waals surface area contributed by atoms with E-state index >= 15 is 0 Å². The molecule has 1 aliphatic carbocycles. The first-order valence-electron chi connectivity index (χ1n) is 11.7. The van der Waals surface area contributed by atoms with Crippen molar-refractivity contribution < 1.29 is 13.9 Å². The van der Waals surface area contributed by atoms with Crippen molar-refractivity contribution in [3.8, 4) is 10.4 Å². The van der Waals surface area contributed by atoms with E-state index in [-0.39, 0.29) is 12.0 Å². The lowest BCUT2D eigenvalue weighted by Gasteiger charge is -2.30. The van der Waals surface area contributed by atoms with Crippen molar-refractivity contribution >= 4 is 41.3 Å². The highest BCUT2D eigenvalue weighted by Crippen LogP contribution is 2.52. The lowest BCUT2D eigenvalue weighted by atomic mass is 9.97. The number of carbonyl (C=O) groups excluding carboxylic acids is 1. The van der Waals surface area contributed by atoms with Crippen molar-refractivity contribution in [3.63, 3.8) is 0 Å². The molecule has 1 heterocycles. The second-order valence-corrected chi connectivity index (χ2v) is 12.1. The Bertz CT molecular complexity index is 1350. The van der Waals surface area contributed by atoms with Crippen molar-refractivity contribution in [2.45, 2.75) is 31.5 Å². The number of amides is 1. The summed E-state index contributed by atoms with van der Waals surface area (Å²) in [6.07, 6.45) is 3.37. The molecule has 1 saturated carbocycles. The summed E-state index contributed by atoms with van der Waals surface area (Å²) in [6, 6.07) is 26.3. The molecule has 1 amide bonds. The predicted octanol–water partition coefficient (Wildman–Crippen LogP) is 6.92. The molecule has 0 radical (unpaired) electrons. The lowest BCUT2D eigenvalue weighted by Crippen LogP contribution is -2.23. The van der Waals surface area contributed by atoms with Gasteiger partial charge in [0.05, 0.1) is 23.6 Å². The Morgan fingerprint density at radius 1 is 1.00 bits per heavy atom. The van der Waals surface area contributed by atoms with Crippen LogP contribution >= 0.6 is 18.7 Å². The molecule has 0 spiro atoms. The Hall–Kier alpha value is -3.18. The lowest BCUT2D eigenvalue weighted by molar-refractivity contribution is 0.102. The fraction of sp³-hybridized carbons (Fsp3) is 0.179. The summed E-state index contributed by atoms with van der Waals surface area (Å²) in [6.45, 7) is 0. The maximum absolute atomic E-state index is 13.9. The van der Waals surface area contributed by atoms with E-state index < -0.39 is 7.37 Å². The Morgan fingerprint density at radius 3 is 2.43 bits per heavy atom. The van der Waals surface area contributed by atoms with Gasteiger partial charge in [0, 0.05) is 15.7 Å². The highest BCUT2D eigenvalue weighted by molar-refractivity contribution is 7.66. The molecule has 0 aliphatic heterocycles. The number of benzene rings is 3. The van der Waals surface area contributed by atoms with E-state index in [0.717, 1.165) is 40.6 Å². The van der Waals surface area contributed by atoms with Gasteiger partial charge in [-0.05, 0) is 78.2 Å². The van der Waals surface area contributed by atoms with Crippen LogP contribution in [-0.4, -0.2) is 12.0 Å². The van der Waals surface area contributed by atoms with Crippen molar-refractivity contribution in [1.82, 2.24) is 0 Å². The third-order valence-corrected chi connectivity index (χ3v) is 9.66. The van der Waals surface area contributed by atoms with Crippen LogP contribution in [0.15, 0.2) is 90.3 Å². The predicted molar refractivity (Wildman–Crippen MR) is 145 cm³/mol. The molecule has 0 saturated heterocycles. The topological polar surface area (TPSA) is 81.4 Å². The van der Waals surface area contributed by atoms with Gasteiger partial charge in [-0.15, -0.1) is 11.3 Å². The van der Waals surface area contributed by atoms with Crippen LogP contribution in [0, 0.1) is 0 Å². The van der Waals surface area contributed by atoms with Crippen molar-refractivity contribution in [1.29, 1.82) is 0 Å². The normalized spacial score (nSPS) is 15.2. The molecule has 5 rings (SSSR count). The summed E-state index contributed by atoms with van der Waals surface area (Å²) in [5, 5.41) is 5.67. The average molecular weight is 503 g/mol. The van der Waals surface area contributed by atoms with Gasteiger partial charge in [0.25, 0.3) is 5.91 Å². The van der Waals surface area contributed by atoms with Gasteiger partial charge in [-0.2, -0.15) is 0 Å². The van der Waals surface area contributed by atoms with E-state index in [1.807, 2.05) is 72.1 Å². The van der Waals surface area contributed by atoms with Crippen molar-refractivity contribution in [3.05, 3.63) is 101 Å². The Balaban J connectivity index is 1.31. The number of nitrogens with one attached hydrogen (secondary N) is 1. The Kier molecular flexibility index (Phi) is 6.87. The molecule has 7 heteroatoms. The smallest absolute Gasteiger partial charge is 0.255 e. The molecule has 3 N–H and O–H groups in total. The standard InChI is InChI=1S/C28H27N2O3PS/c29-25-16-15-22(27-10-5-17-35-27)18-26(25)30-28(31)21-13-11-20(12-14-21)19-34(32,33-23-6-4-7-23)24-8-2-1-3-9-24/h1-3,5,8-18,23H,4,6-7,19,29H2,(H,30,31). The van der Waals surface area contributed by atoms with Crippen LogP contribution in [0.3, 0.4) is 0 Å². The highest BCUT2D eigenvalue weighted by Gasteiger charge is 2.32. The van der Waals surface area contributed by atoms with E-state index in [4.69, 9.17) is 10.3 Å². The molecule has 1 unspecified atom stereocenters. The number of carbonyl (C=O) groups is 1. The van der Waals surface area contributed by atoms with E-state index in [9.17, 15) is 9.36 Å². The molecule has 1 fully saturated rings. The van der Waals surface area contributed by atoms with Gasteiger partial charge in [-0.25, -0.2) is 0 Å². The molecule has 1 atom stereocenters. The molecule has 5 nitrogen and oxygen atoms in total. The van der Waals surface area contributed by atoms with Crippen LogP contribution in [0.4, 0.5) is 11.4 Å². The Labute approximate surface area is 209 Å². The molecule has 35 heavy (non-hydrogen) atoms. The average Bonchev–Trinajstić information content (AvgIpc) is 3.39. The fourth-order valence-corrected chi connectivity index (χ4v) is 7.13. The Morgan fingerprint density at radius 2 is 1.77 bits per heavy atom. The van der Waals surface area contributed by atoms with Crippen molar-refractivity contribution in [2.75, 3.05) is 11.1 Å². The number of anilines is 2. The number of hydrogen-bond donors (Lipinski definition) is 2. The van der Waals surface area contributed by atoms with Gasteiger partial charge in [0.2, 0.25) is 7.37 Å². The van der Waals surface area contributed by atoms with Crippen LogP contribution in [0.2, 0.25) is 0 Å². The summed E-state index contributed by atoms with van der Waals surface area (Å²) in [7, 11) is -3.06. The van der Waals surface area contributed by atoms with E-state index in [0.29, 0.717) is 23.1 Å². The van der Waals surface area contributed by atoms with Gasteiger partial charge in [0.1, 0.15) is 0 Å². The molecule has 3 aromatic carbocycles. The highest BCUT2D eigenvalue weighted by atomic mass is 32.1. The van der Waals surface area contributed by atoms with Crippen LogP contribution in [0.1, 0.15) is 35.2 Å². The van der Waals surface area contributed by atoms with E-state index in [1.165, 1.54) is 0 Å². The quantitative estimate of drug-likeness (QED) is 0.202. The van der Waals surface area contributed by atoms with Crippen LogP contribution in [0.25, 0.3) is 10.4 Å². The first kappa shape index (κ1) is 23.6. The van der Waals surface area contributed by atoms with Gasteiger partial charge in [-0.1, -0.05) is 42.5 Å². The number of rotatable bonds is 8. The zero-order valence-corrected chi connectivity index (χ0v) is 20.9. The molecule has 178 valence electrons. The minimum absolute atomic E-state index is 0.0569.